The van der Waals surface area contributed by atoms with Crippen molar-refractivity contribution in [1.29, 1.82) is 10.5 Å². The second-order valence-corrected chi connectivity index (χ2v) is 8.00. The molecule has 0 unspecified atom stereocenters. The standard InChI is InChI=1S/C21H19N3S/c1-14-11-16(13-23)25-20(14)15-5-6-18-17(12-15)21(8-3-2-4-9-21)19(24-18)7-10-22/h5-7,11-12,24H,2-4,8-9H2,1H3. The largest absolute Gasteiger partial charge is 0.357 e. The summed E-state index contributed by atoms with van der Waals surface area (Å²) in [6, 6.07) is 13.0. The molecule has 3 nitrogen and oxygen atoms in total. The summed E-state index contributed by atoms with van der Waals surface area (Å²) in [5, 5.41) is 21.9. The predicted octanol–water partition coefficient (Wildman–Crippen LogP) is 5.63. The molecule has 1 aliphatic carbocycles. The Bertz CT molecular complexity index is 946. The van der Waals surface area contributed by atoms with Gasteiger partial charge in [0.05, 0.1) is 6.07 Å². The maximum atomic E-state index is 9.22. The van der Waals surface area contributed by atoms with Gasteiger partial charge in [-0.2, -0.15) is 10.5 Å². The first kappa shape index (κ1) is 15.9. The maximum absolute atomic E-state index is 9.22. The minimum Gasteiger partial charge on any atom is -0.357 e. The average Bonchev–Trinajstić information content (AvgIpc) is 3.15. The number of nitrogens with zero attached hydrogens (tertiary/aromatic N) is 2. The fraction of sp³-hybridized carbons (Fsp3) is 0.333. The zero-order chi connectivity index (χ0) is 17.4. The Morgan fingerprint density at radius 2 is 1.96 bits per heavy atom. The molecule has 4 heteroatoms. The van der Waals surface area contributed by atoms with Crippen molar-refractivity contribution in [3.8, 4) is 22.6 Å². The first-order valence-electron chi connectivity index (χ1n) is 8.71. The third-order valence-electron chi connectivity index (χ3n) is 5.53. The number of nitriles is 2. The van der Waals surface area contributed by atoms with Crippen LogP contribution in [0, 0.1) is 29.6 Å². The van der Waals surface area contributed by atoms with Crippen LogP contribution in [0.4, 0.5) is 5.69 Å². The highest BCUT2D eigenvalue weighted by atomic mass is 32.1. The molecule has 124 valence electrons. The summed E-state index contributed by atoms with van der Waals surface area (Å²) in [4.78, 5) is 1.92. The van der Waals surface area contributed by atoms with Gasteiger partial charge in [-0.15, -0.1) is 11.3 Å². The molecule has 2 aromatic rings. The number of benzene rings is 1. The Labute approximate surface area is 152 Å². The van der Waals surface area contributed by atoms with E-state index >= 15 is 0 Å². The number of fused-ring (bicyclic) bond motifs is 2. The molecule has 1 N–H and O–H groups in total. The van der Waals surface area contributed by atoms with Crippen LogP contribution >= 0.6 is 11.3 Å². The summed E-state index contributed by atoms with van der Waals surface area (Å²) in [6.45, 7) is 2.07. The first-order chi connectivity index (χ1) is 12.2. The van der Waals surface area contributed by atoms with Gasteiger partial charge in [-0.1, -0.05) is 25.3 Å². The van der Waals surface area contributed by atoms with Gasteiger partial charge in [-0.25, -0.2) is 0 Å². The van der Waals surface area contributed by atoms with Crippen LogP contribution in [0.3, 0.4) is 0 Å². The van der Waals surface area contributed by atoms with Crippen molar-refractivity contribution in [2.24, 2.45) is 0 Å². The Kier molecular flexibility index (Phi) is 3.86. The van der Waals surface area contributed by atoms with Gasteiger partial charge in [0.1, 0.15) is 10.9 Å². The third kappa shape index (κ3) is 2.46. The lowest BCUT2D eigenvalue weighted by Gasteiger charge is -2.34. The quantitative estimate of drug-likeness (QED) is 0.681. The molecule has 1 fully saturated rings. The molecule has 0 radical (unpaired) electrons. The van der Waals surface area contributed by atoms with E-state index in [-0.39, 0.29) is 5.41 Å². The summed E-state index contributed by atoms with van der Waals surface area (Å²) in [6.07, 6.45) is 7.55. The molecule has 0 atom stereocenters. The third-order valence-corrected chi connectivity index (χ3v) is 6.72. The molecule has 1 aromatic carbocycles. The van der Waals surface area contributed by atoms with Crippen LogP contribution in [0.1, 0.15) is 48.1 Å². The maximum Gasteiger partial charge on any atom is 0.110 e. The number of rotatable bonds is 1. The highest BCUT2D eigenvalue weighted by molar-refractivity contribution is 7.16. The molecule has 0 saturated heterocycles. The number of allylic oxidation sites excluding steroid dienone is 2. The summed E-state index contributed by atoms with van der Waals surface area (Å²) >= 11 is 1.56. The van der Waals surface area contributed by atoms with Crippen molar-refractivity contribution < 1.29 is 0 Å². The van der Waals surface area contributed by atoms with Crippen molar-refractivity contribution in [2.75, 3.05) is 5.32 Å². The topological polar surface area (TPSA) is 59.6 Å². The molecule has 1 saturated carbocycles. The second-order valence-electron chi connectivity index (χ2n) is 6.95. The van der Waals surface area contributed by atoms with Crippen LogP contribution in [0.25, 0.3) is 10.4 Å². The van der Waals surface area contributed by atoms with Crippen molar-refractivity contribution in [3.05, 3.63) is 52.0 Å². The fourth-order valence-corrected chi connectivity index (χ4v) is 5.32. The van der Waals surface area contributed by atoms with Crippen LogP contribution in [0.2, 0.25) is 0 Å². The van der Waals surface area contributed by atoms with Crippen molar-refractivity contribution in [1.82, 2.24) is 0 Å². The molecule has 1 aliphatic heterocycles. The molecule has 0 bridgehead atoms. The molecule has 25 heavy (non-hydrogen) atoms. The molecule has 1 aromatic heterocycles. The molecule has 2 aliphatic rings. The lowest BCUT2D eigenvalue weighted by atomic mass is 9.68. The van der Waals surface area contributed by atoms with E-state index in [1.807, 2.05) is 6.07 Å². The number of hydrogen-bond acceptors (Lipinski definition) is 4. The monoisotopic (exact) mass is 345 g/mol. The van der Waals surface area contributed by atoms with Gasteiger partial charge >= 0.3 is 0 Å². The van der Waals surface area contributed by atoms with Crippen LogP contribution in [0.15, 0.2) is 36.0 Å². The normalized spacial score (nSPS) is 19.2. The zero-order valence-corrected chi connectivity index (χ0v) is 15.0. The van der Waals surface area contributed by atoms with E-state index in [4.69, 9.17) is 0 Å². The van der Waals surface area contributed by atoms with Crippen molar-refractivity contribution >= 4 is 17.0 Å². The van der Waals surface area contributed by atoms with Crippen LogP contribution in [-0.4, -0.2) is 0 Å². The van der Waals surface area contributed by atoms with E-state index in [9.17, 15) is 10.5 Å². The number of nitrogens with one attached hydrogen (secondary N) is 1. The Morgan fingerprint density at radius 1 is 1.16 bits per heavy atom. The molecular formula is C21H19N3S. The average molecular weight is 345 g/mol. The summed E-state index contributed by atoms with van der Waals surface area (Å²) in [5.41, 5.74) is 5.79. The fourth-order valence-electron chi connectivity index (χ4n) is 4.36. The first-order valence-corrected chi connectivity index (χ1v) is 9.52. The van der Waals surface area contributed by atoms with E-state index in [1.54, 1.807) is 17.4 Å². The van der Waals surface area contributed by atoms with Gasteiger partial charge in [-0.3, -0.25) is 0 Å². The van der Waals surface area contributed by atoms with E-state index in [0.717, 1.165) is 34.7 Å². The molecular weight excluding hydrogens is 326 g/mol. The minimum absolute atomic E-state index is 0.0391. The molecule has 4 rings (SSSR count). The van der Waals surface area contributed by atoms with Gasteiger partial charge in [0.2, 0.25) is 0 Å². The molecule has 1 spiro atoms. The summed E-state index contributed by atoms with van der Waals surface area (Å²) < 4.78 is 0. The van der Waals surface area contributed by atoms with E-state index in [2.05, 4.69) is 42.6 Å². The number of hydrogen-bond donors (Lipinski definition) is 1. The molecule has 0 amide bonds. The number of thiophene rings is 1. The second kappa shape index (κ2) is 6.06. The lowest BCUT2D eigenvalue weighted by molar-refractivity contribution is 0.350. The summed E-state index contributed by atoms with van der Waals surface area (Å²) in [7, 11) is 0. The number of aryl methyl sites for hydroxylation is 1. The molecule has 2 heterocycles. The predicted molar refractivity (Wildman–Crippen MR) is 101 cm³/mol. The van der Waals surface area contributed by atoms with E-state index < -0.39 is 0 Å². The highest BCUT2D eigenvalue weighted by Gasteiger charge is 2.44. The smallest absolute Gasteiger partial charge is 0.110 e. The highest BCUT2D eigenvalue weighted by Crippen LogP contribution is 2.53. The van der Waals surface area contributed by atoms with Crippen LogP contribution in [0.5, 0.6) is 0 Å². The van der Waals surface area contributed by atoms with E-state index in [0.29, 0.717) is 0 Å². The number of anilines is 1. The van der Waals surface area contributed by atoms with Crippen molar-refractivity contribution in [2.45, 2.75) is 44.4 Å². The van der Waals surface area contributed by atoms with Crippen molar-refractivity contribution in [3.63, 3.8) is 0 Å². The minimum atomic E-state index is -0.0391. The Morgan fingerprint density at radius 3 is 2.64 bits per heavy atom. The Balaban J connectivity index is 1.86. The van der Waals surface area contributed by atoms with E-state index in [1.165, 1.54) is 35.3 Å². The lowest BCUT2D eigenvalue weighted by Crippen LogP contribution is -2.29. The van der Waals surface area contributed by atoms with Gasteiger partial charge in [-0.05, 0) is 54.7 Å². The van der Waals surface area contributed by atoms with Crippen LogP contribution < -0.4 is 5.32 Å². The Hall–Kier alpha value is -2.56. The van der Waals surface area contributed by atoms with Gasteiger partial charge in [0.15, 0.2) is 0 Å². The van der Waals surface area contributed by atoms with Gasteiger partial charge < -0.3 is 5.32 Å². The SMILES string of the molecule is Cc1cc(C#N)sc1-c1ccc2c(c1)C1(CCCCC1)C(=CC#N)N2. The van der Waals surface area contributed by atoms with Crippen LogP contribution in [-0.2, 0) is 5.41 Å². The van der Waals surface area contributed by atoms with Gasteiger partial charge in [0, 0.05) is 27.8 Å². The summed E-state index contributed by atoms with van der Waals surface area (Å²) in [5.74, 6) is 0. The zero-order valence-electron chi connectivity index (χ0n) is 14.2. The van der Waals surface area contributed by atoms with Gasteiger partial charge in [0.25, 0.3) is 0 Å².